The molecule has 0 heterocycles. The maximum Gasteiger partial charge on any atom is 0.227 e. The standard InChI is InChI=1S/C14H19BrN2O/c1-10(11-4-2-5-12(15)8-11)17-13(18)14(9-16)6-3-7-14/h2,4-5,8,10H,3,6-7,9,16H2,1H3,(H,17,18). The van der Waals surface area contributed by atoms with Gasteiger partial charge in [-0.3, -0.25) is 4.79 Å². The Labute approximate surface area is 116 Å². The van der Waals surface area contributed by atoms with E-state index in [1.807, 2.05) is 31.2 Å². The summed E-state index contributed by atoms with van der Waals surface area (Å²) >= 11 is 3.44. The summed E-state index contributed by atoms with van der Waals surface area (Å²) in [7, 11) is 0. The van der Waals surface area contributed by atoms with Crippen LogP contribution in [0.1, 0.15) is 37.8 Å². The van der Waals surface area contributed by atoms with Gasteiger partial charge in [-0.2, -0.15) is 0 Å². The second-order valence-corrected chi connectivity index (χ2v) is 6.00. The van der Waals surface area contributed by atoms with E-state index < -0.39 is 0 Å². The average Bonchev–Trinajstić information content (AvgIpc) is 2.28. The van der Waals surface area contributed by atoms with E-state index in [4.69, 9.17) is 5.73 Å². The molecule has 0 aromatic heterocycles. The summed E-state index contributed by atoms with van der Waals surface area (Å²) in [5, 5.41) is 3.08. The van der Waals surface area contributed by atoms with Gasteiger partial charge >= 0.3 is 0 Å². The molecule has 1 aliphatic carbocycles. The van der Waals surface area contributed by atoms with Crippen LogP contribution < -0.4 is 11.1 Å². The molecule has 1 aromatic carbocycles. The van der Waals surface area contributed by atoms with Crippen LogP contribution in [0.25, 0.3) is 0 Å². The van der Waals surface area contributed by atoms with Crippen molar-refractivity contribution >= 4 is 21.8 Å². The average molecular weight is 311 g/mol. The lowest BCUT2D eigenvalue weighted by molar-refractivity contribution is -0.135. The first kappa shape index (κ1) is 13.6. The predicted molar refractivity (Wildman–Crippen MR) is 76.0 cm³/mol. The number of amides is 1. The van der Waals surface area contributed by atoms with E-state index in [-0.39, 0.29) is 17.4 Å². The van der Waals surface area contributed by atoms with Gasteiger partial charge in [0.15, 0.2) is 0 Å². The number of hydrogen-bond acceptors (Lipinski definition) is 2. The Morgan fingerprint density at radius 3 is 2.78 bits per heavy atom. The van der Waals surface area contributed by atoms with Crippen LogP contribution in [0.15, 0.2) is 28.7 Å². The molecule has 0 bridgehead atoms. The van der Waals surface area contributed by atoms with Crippen molar-refractivity contribution < 1.29 is 4.79 Å². The molecule has 0 radical (unpaired) electrons. The Balaban J connectivity index is 2.03. The Hall–Kier alpha value is -0.870. The highest BCUT2D eigenvalue weighted by atomic mass is 79.9. The maximum atomic E-state index is 12.2. The fraction of sp³-hybridized carbons (Fsp3) is 0.500. The number of hydrogen-bond donors (Lipinski definition) is 2. The molecule has 4 heteroatoms. The number of rotatable bonds is 4. The SMILES string of the molecule is CC(NC(=O)C1(CN)CCC1)c1cccc(Br)c1. The Morgan fingerprint density at radius 2 is 2.28 bits per heavy atom. The summed E-state index contributed by atoms with van der Waals surface area (Å²) in [4.78, 5) is 12.2. The van der Waals surface area contributed by atoms with Gasteiger partial charge in [-0.25, -0.2) is 0 Å². The molecule has 1 amide bonds. The number of halogens is 1. The molecule has 0 spiro atoms. The summed E-state index contributed by atoms with van der Waals surface area (Å²) in [5.41, 5.74) is 6.54. The van der Waals surface area contributed by atoms with Crippen LogP contribution in [0.4, 0.5) is 0 Å². The van der Waals surface area contributed by atoms with Gasteiger partial charge in [-0.05, 0) is 37.5 Å². The third-order valence-corrected chi connectivity index (χ3v) is 4.37. The van der Waals surface area contributed by atoms with E-state index >= 15 is 0 Å². The molecular formula is C14H19BrN2O. The Morgan fingerprint density at radius 1 is 1.56 bits per heavy atom. The molecule has 1 unspecified atom stereocenters. The Kier molecular flexibility index (Phi) is 4.07. The summed E-state index contributed by atoms with van der Waals surface area (Å²) in [6.45, 7) is 2.45. The van der Waals surface area contributed by atoms with Crippen molar-refractivity contribution in [3.05, 3.63) is 34.3 Å². The first-order valence-corrected chi connectivity index (χ1v) is 7.13. The summed E-state index contributed by atoms with van der Waals surface area (Å²) in [6.07, 6.45) is 2.94. The number of carbonyl (C=O) groups excluding carboxylic acids is 1. The molecule has 98 valence electrons. The van der Waals surface area contributed by atoms with E-state index in [2.05, 4.69) is 21.2 Å². The fourth-order valence-electron chi connectivity index (χ4n) is 2.34. The lowest BCUT2D eigenvalue weighted by atomic mass is 9.68. The minimum Gasteiger partial charge on any atom is -0.349 e. The van der Waals surface area contributed by atoms with Crippen molar-refractivity contribution in [1.29, 1.82) is 0 Å². The van der Waals surface area contributed by atoms with Crippen molar-refractivity contribution in [3.8, 4) is 0 Å². The van der Waals surface area contributed by atoms with Gasteiger partial charge in [0.2, 0.25) is 5.91 Å². The van der Waals surface area contributed by atoms with Gasteiger partial charge in [0.25, 0.3) is 0 Å². The largest absolute Gasteiger partial charge is 0.349 e. The normalized spacial score (nSPS) is 18.8. The highest BCUT2D eigenvalue weighted by Crippen LogP contribution is 2.40. The molecule has 1 aromatic rings. The van der Waals surface area contributed by atoms with Crippen molar-refractivity contribution in [2.75, 3.05) is 6.54 Å². The smallest absolute Gasteiger partial charge is 0.227 e. The predicted octanol–water partition coefficient (Wildman–Crippen LogP) is 2.76. The Bertz CT molecular complexity index is 438. The van der Waals surface area contributed by atoms with Gasteiger partial charge < -0.3 is 11.1 Å². The quantitative estimate of drug-likeness (QED) is 0.898. The summed E-state index contributed by atoms with van der Waals surface area (Å²) in [5.74, 6) is 0.101. The van der Waals surface area contributed by atoms with E-state index in [0.29, 0.717) is 6.54 Å². The zero-order chi connectivity index (χ0) is 13.2. The third kappa shape index (κ3) is 2.59. The van der Waals surface area contributed by atoms with Crippen LogP contribution in [-0.2, 0) is 4.79 Å². The second kappa shape index (κ2) is 5.41. The van der Waals surface area contributed by atoms with Crippen molar-refractivity contribution in [2.45, 2.75) is 32.2 Å². The summed E-state index contributed by atoms with van der Waals surface area (Å²) < 4.78 is 1.03. The molecule has 18 heavy (non-hydrogen) atoms. The molecule has 1 aliphatic rings. The molecule has 3 N–H and O–H groups in total. The van der Waals surface area contributed by atoms with Crippen LogP contribution in [0.2, 0.25) is 0 Å². The van der Waals surface area contributed by atoms with Crippen molar-refractivity contribution in [3.63, 3.8) is 0 Å². The zero-order valence-corrected chi connectivity index (χ0v) is 12.2. The summed E-state index contributed by atoms with van der Waals surface area (Å²) in [6, 6.07) is 8.01. The second-order valence-electron chi connectivity index (χ2n) is 5.09. The van der Waals surface area contributed by atoms with Crippen LogP contribution in [0.3, 0.4) is 0 Å². The molecule has 1 saturated carbocycles. The van der Waals surface area contributed by atoms with Crippen LogP contribution in [0.5, 0.6) is 0 Å². The minimum absolute atomic E-state index is 0.0130. The van der Waals surface area contributed by atoms with Crippen molar-refractivity contribution in [1.82, 2.24) is 5.32 Å². The van der Waals surface area contributed by atoms with Crippen LogP contribution in [-0.4, -0.2) is 12.5 Å². The van der Waals surface area contributed by atoms with Gasteiger partial charge in [0, 0.05) is 11.0 Å². The molecular weight excluding hydrogens is 292 g/mol. The molecule has 0 saturated heterocycles. The monoisotopic (exact) mass is 310 g/mol. The van der Waals surface area contributed by atoms with Gasteiger partial charge in [0.05, 0.1) is 11.5 Å². The van der Waals surface area contributed by atoms with Gasteiger partial charge in [0.1, 0.15) is 0 Å². The van der Waals surface area contributed by atoms with Gasteiger partial charge in [-0.15, -0.1) is 0 Å². The first-order chi connectivity index (χ1) is 8.57. The highest BCUT2D eigenvalue weighted by Gasteiger charge is 2.43. The molecule has 1 fully saturated rings. The van der Waals surface area contributed by atoms with E-state index in [9.17, 15) is 4.79 Å². The minimum atomic E-state index is -0.305. The topological polar surface area (TPSA) is 55.1 Å². The van der Waals surface area contributed by atoms with Crippen LogP contribution >= 0.6 is 15.9 Å². The number of nitrogens with two attached hydrogens (primary N) is 1. The lowest BCUT2D eigenvalue weighted by Gasteiger charge is -2.39. The fourth-order valence-corrected chi connectivity index (χ4v) is 2.75. The third-order valence-electron chi connectivity index (χ3n) is 3.88. The number of carbonyl (C=O) groups is 1. The maximum absolute atomic E-state index is 12.2. The van der Waals surface area contributed by atoms with Gasteiger partial charge in [-0.1, -0.05) is 34.5 Å². The zero-order valence-electron chi connectivity index (χ0n) is 10.6. The number of nitrogens with one attached hydrogen (secondary N) is 1. The number of benzene rings is 1. The molecule has 1 atom stereocenters. The van der Waals surface area contributed by atoms with Crippen molar-refractivity contribution in [2.24, 2.45) is 11.1 Å². The van der Waals surface area contributed by atoms with E-state index in [1.165, 1.54) is 0 Å². The van der Waals surface area contributed by atoms with Crippen LogP contribution in [0, 0.1) is 5.41 Å². The highest BCUT2D eigenvalue weighted by molar-refractivity contribution is 9.10. The van der Waals surface area contributed by atoms with E-state index in [1.54, 1.807) is 0 Å². The molecule has 2 rings (SSSR count). The van der Waals surface area contributed by atoms with E-state index in [0.717, 1.165) is 29.3 Å². The first-order valence-electron chi connectivity index (χ1n) is 6.34. The lowest BCUT2D eigenvalue weighted by Crippen LogP contribution is -2.50. The molecule has 3 nitrogen and oxygen atoms in total. The molecule has 0 aliphatic heterocycles.